The molecule has 4 nitrogen and oxygen atoms in total. The largest absolute Gasteiger partial charge is 0.310 e. The van der Waals surface area contributed by atoms with Gasteiger partial charge in [0.25, 0.3) is 0 Å². The minimum absolute atomic E-state index is 0.0171. The molecule has 0 aromatic carbocycles. The van der Waals surface area contributed by atoms with Gasteiger partial charge in [0.2, 0.25) is 5.91 Å². The van der Waals surface area contributed by atoms with Gasteiger partial charge in [0.05, 0.1) is 6.20 Å². The van der Waals surface area contributed by atoms with Crippen LogP contribution in [0.1, 0.15) is 42.0 Å². The second-order valence-corrected chi connectivity index (χ2v) is 6.29. The molecule has 0 atom stereocenters. The van der Waals surface area contributed by atoms with Crippen LogP contribution < -0.4 is 5.32 Å². The number of anilines is 1. The van der Waals surface area contributed by atoms with Gasteiger partial charge in [-0.15, -0.1) is 0 Å². The zero-order valence-electron chi connectivity index (χ0n) is 14.3. The van der Waals surface area contributed by atoms with E-state index < -0.39 is 0 Å². The normalized spacial score (nSPS) is 14.3. The molecular weight excluding hydrogens is 317 g/mol. The Bertz CT molecular complexity index is 869. The third-order valence-electron chi connectivity index (χ3n) is 4.34. The number of hydrogen-bond donors (Lipinski definition) is 1. The second kappa shape index (κ2) is 6.97. The summed E-state index contributed by atoms with van der Waals surface area (Å²) in [6.45, 7) is 7.46. The summed E-state index contributed by atoms with van der Waals surface area (Å²) in [5.74, 6) is 0.332. The minimum Gasteiger partial charge on any atom is -0.310 e. The molecule has 0 radical (unpaired) electrons. The summed E-state index contributed by atoms with van der Waals surface area (Å²) < 4.78 is 13.7. The Kier molecular flexibility index (Phi) is 4.74. The lowest BCUT2D eigenvalue weighted by Crippen LogP contribution is -2.14. The van der Waals surface area contributed by atoms with Crippen molar-refractivity contribution in [3.8, 4) is 0 Å². The Labute approximate surface area is 146 Å². The third-order valence-corrected chi connectivity index (χ3v) is 4.34. The van der Waals surface area contributed by atoms with E-state index in [4.69, 9.17) is 0 Å². The van der Waals surface area contributed by atoms with Crippen molar-refractivity contribution < 1.29 is 9.18 Å². The van der Waals surface area contributed by atoms with Crippen molar-refractivity contribution >= 4 is 29.5 Å². The van der Waals surface area contributed by atoms with Gasteiger partial charge in [0.1, 0.15) is 11.6 Å². The van der Waals surface area contributed by atoms with Crippen LogP contribution in [-0.4, -0.2) is 15.9 Å². The van der Waals surface area contributed by atoms with Crippen molar-refractivity contribution in [1.29, 1.82) is 0 Å². The molecule has 0 bridgehead atoms. The first kappa shape index (κ1) is 17.0. The average molecular weight is 337 g/mol. The molecule has 2 aromatic rings. The van der Waals surface area contributed by atoms with E-state index in [0.717, 1.165) is 35.1 Å². The molecule has 2 aromatic heterocycles. The summed E-state index contributed by atoms with van der Waals surface area (Å²) in [7, 11) is 0. The van der Waals surface area contributed by atoms with Gasteiger partial charge >= 0.3 is 0 Å². The fraction of sp³-hybridized carbons (Fsp3) is 0.250. The SMILES string of the molecule is C=Cc1cc(NC(=O)C2CC2)ncc1/C=C(\C)c1cncc(F)c1C. The molecule has 1 N–H and O–H groups in total. The molecule has 1 amide bonds. The van der Waals surface area contributed by atoms with Gasteiger partial charge in [-0.3, -0.25) is 9.78 Å². The molecule has 5 heteroatoms. The number of halogens is 1. The van der Waals surface area contributed by atoms with Crippen LogP contribution in [0.5, 0.6) is 0 Å². The third kappa shape index (κ3) is 3.82. The summed E-state index contributed by atoms with van der Waals surface area (Å²) >= 11 is 0. The molecule has 1 fully saturated rings. The highest BCUT2D eigenvalue weighted by molar-refractivity contribution is 5.93. The number of nitrogens with one attached hydrogen (secondary N) is 1. The van der Waals surface area contributed by atoms with Gasteiger partial charge in [-0.05, 0) is 55.5 Å². The first-order valence-corrected chi connectivity index (χ1v) is 8.21. The van der Waals surface area contributed by atoms with E-state index in [1.165, 1.54) is 6.20 Å². The van der Waals surface area contributed by atoms with Crippen LogP contribution in [0, 0.1) is 18.7 Å². The van der Waals surface area contributed by atoms with Crippen LogP contribution in [0.25, 0.3) is 17.7 Å². The van der Waals surface area contributed by atoms with Crippen molar-refractivity contribution in [2.75, 3.05) is 5.32 Å². The molecule has 1 saturated carbocycles. The zero-order valence-corrected chi connectivity index (χ0v) is 14.3. The first-order chi connectivity index (χ1) is 12.0. The molecule has 3 rings (SSSR count). The van der Waals surface area contributed by atoms with Gasteiger partial charge in [-0.2, -0.15) is 0 Å². The lowest BCUT2D eigenvalue weighted by molar-refractivity contribution is -0.117. The first-order valence-electron chi connectivity index (χ1n) is 8.21. The Morgan fingerprint density at radius 1 is 1.32 bits per heavy atom. The number of rotatable bonds is 5. The average Bonchev–Trinajstić information content (AvgIpc) is 3.43. The van der Waals surface area contributed by atoms with E-state index in [1.807, 2.05) is 13.0 Å². The summed E-state index contributed by atoms with van der Waals surface area (Å²) in [5, 5.41) is 2.83. The summed E-state index contributed by atoms with van der Waals surface area (Å²) in [6.07, 6.45) is 10.1. The molecule has 0 saturated heterocycles. The van der Waals surface area contributed by atoms with E-state index in [2.05, 4.69) is 21.9 Å². The second-order valence-electron chi connectivity index (χ2n) is 6.29. The maximum Gasteiger partial charge on any atom is 0.228 e. The van der Waals surface area contributed by atoms with Crippen LogP contribution in [0.4, 0.5) is 10.2 Å². The van der Waals surface area contributed by atoms with Gasteiger partial charge in [0, 0.05) is 29.4 Å². The predicted octanol–water partition coefficient (Wildman–Crippen LogP) is 4.48. The lowest BCUT2D eigenvalue weighted by Gasteiger charge is -2.09. The topological polar surface area (TPSA) is 54.9 Å². The van der Waals surface area contributed by atoms with Crippen molar-refractivity contribution in [3.63, 3.8) is 0 Å². The molecule has 0 aliphatic heterocycles. The van der Waals surface area contributed by atoms with E-state index in [9.17, 15) is 9.18 Å². The fourth-order valence-electron chi connectivity index (χ4n) is 2.63. The smallest absolute Gasteiger partial charge is 0.228 e. The molecule has 0 spiro atoms. The molecule has 0 unspecified atom stereocenters. The molecule has 1 aliphatic rings. The number of hydrogen-bond acceptors (Lipinski definition) is 3. The lowest BCUT2D eigenvalue weighted by atomic mass is 10.0. The number of carbonyl (C=O) groups excluding carboxylic acids is 1. The Morgan fingerprint density at radius 3 is 2.76 bits per heavy atom. The summed E-state index contributed by atoms with van der Waals surface area (Å²) in [6, 6.07) is 1.79. The van der Waals surface area contributed by atoms with Crippen molar-refractivity contribution in [3.05, 3.63) is 59.3 Å². The minimum atomic E-state index is -0.328. The van der Waals surface area contributed by atoms with Gasteiger partial charge in [-0.25, -0.2) is 9.37 Å². The Hall–Kier alpha value is -2.82. The van der Waals surface area contributed by atoms with E-state index in [-0.39, 0.29) is 17.6 Å². The van der Waals surface area contributed by atoms with Gasteiger partial charge in [-0.1, -0.05) is 12.7 Å². The standard InChI is InChI=1S/C20H20FN3O/c1-4-14-8-19(24-20(25)15-5-6-15)23-9-16(14)7-12(2)17-10-22-11-18(21)13(17)3/h4,7-11,15H,1,5-6H2,2-3H3,(H,23,24,25)/b12-7+. The van der Waals surface area contributed by atoms with E-state index in [1.54, 1.807) is 31.5 Å². The Morgan fingerprint density at radius 2 is 2.08 bits per heavy atom. The van der Waals surface area contributed by atoms with Gasteiger partial charge in [0.15, 0.2) is 0 Å². The maximum absolute atomic E-state index is 13.7. The maximum atomic E-state index is 13.7. The highest BCUT2D eigenvalue weighted by Crippen LogP contribution is 2.30. The number of aromatic nitrogens is 2. The van der Waals surface area contributed by atoms with Gasteiger partial charge < -0.3 is 5.32 Å². The number of nitrogens with zero attached hydrogens (tertiary/aromatic N) is 2. The fourth-order valence-corrected chi connectivity index (χ4v) is 2.63. The monoisotopic (exact) mass is 337 g/mol. The number of pyridine rings is 2. The zero-order chi connectivity index (χ0) is 18.0. The summed E-state index contributed by atoms with van der Waals surface area (Å²) in [4.78, 5) is 20.1. The van der Waals surface area contributed by atoms with Crippen LogP contribution in [-0.2, 0) is 4.79 Å². The molecule has 2 heterocycles. The number of amides is 1. The van der Waals surface area contributed by atoms with Crippen LogP contribution in [0.15, 0.2) is 31.2 Å². The number of allylic oxidation sites excluding steroid dienone is 1. The van der Waals surface area contributed by atoms with Crippen LogP contribution >= 0.6 is 0 Å². The molecular formula is C20H20FN3O. The quantitative estimate of drug-likeness (QED) is 0.875. The molecule has 1 aliphatic carbocycles. The van der Waals surface area contributed by atoms with Crippen molar-refractivity contribution in [2.45, 2.75) is 26.7 Å². The Balaban J connectivity index is 1.89. The molecule has 25 heavy (non-hydrogen) atoms. The van der Waals surface area contributed by atoms with Crippen LogP contribution in [0.3, 0.4) is 0 Å². The van der Waals surface area contributed by atoms with Crippen molar-refractivity contribution in [2.24, 2.45) is 5.92 Å². The van der Waals surface area contributed by atoms with Crippen molar-refractivity contribution in [1.82, 2.24) is 9.97 Å². The molecule has 128 valence electrons. The number of carbonyl (C=O) groups is 1. The highest BCUT2D eigenvalue weighted by Gasteiger charge is 2.29. The summed E-state index contributed by atoms with van der Waals surface area (Å²) in [5.41, 5.74) is 3.89. The van der Waals surface area contributed by atoms with Crippen LogP contribution in [0.2, 0.25) is 0 Å². The highest BCUT2D eigenvalue weighted by atomic mass is 19.1. The van der Waals surface area contributed by atoms with E-state index in [0.29, 0.717) is 11.4 Å². The predicted molar refractivity (Wildman–Crippen MR) is 98.2 cm³/mol. The van der Waals surface area contributed by atoms with E-state index >= 15 is 0 Å².